The van der Waals surface area contributed by atoms with Gasteiger partial charge in [0.1, 0.15) is 0 Å². The van der Waals surface area contributed by atoms with Crippen LogP contribution in [-0.4, -0.2) is 48.3 Å². The fraction of sp³-hybridized carbons (Fsp3) is 0.682. The van der Waals surface area contributed by atoms with Crippen LogP contribution in [0.4, 0.5) is 14.5 Å². The highest BCUT2D eigenvalue weighted by Gasteiger charge is 2.38. The number of halogens is 2. The monoisotopic (exact) mass is 410 g/mol. The topological polar surface area (TPSA) is 50.8 Å². The Kier molecular flexibility index (Phi) is 7.11. The number of ether oxygens (including phenoxy) is 2. The number of esters is 1. The van der Waals surface area contributed by atoms with Crippen molar-refractivity contribution in [1.82, 2.24) is 4.90 Å². The van der Waals surface area contributed by atoms with Crippen LogP contribution in [0.25, 0.3) is 0 Å². The van der Waals surface area contributed by atoms with E-state index in [9.17, 15) is 13.6 Å². The lowest BCUT2D eigenvalue weighted by atomic mass is 9.79. The zero-order valence-electron chi connectivity index (χ0n) is 17.6. The average Bonchev–Trinajstić information content (AvgIpc) is 2.68. The first kappa shape index (κ1) is 22.0. The average molecular weight is 411 g/mol. The van der Waals surface area contributed by atoms with Gasteiger partial charge in [-0.05, 0) is 52.4 Å². The molecule has 1 saturated carbocycles. The van der Waals surface area contributed by atoms with Crippen LogP contribution >= 0.6 is 0 Å². The summed E-state index contributed by atoms with van der Waals surface area (Å²) in [7, 11) is 0. The first-order valence-corrected chi connectivity index (χ1v) is 10.6. The lowest BCUT2D eigenvalue weighted by Gasteiger charge is -2.48. The number of benzene rings is 1. The normalized spacial score (nSPS) is 26.3. The van der Waals surface area contributed by atoms with Crippen molar-refractivity contribution in [3.05, 3.63) is 23.8 Å². The van der Waals surface area contributed by atoms with E-state index in [-0.39, 0.29) is 17.3 Å². The van der Waals surface area contributed by atoms with Gasteiger partial charge in [0.15, 0.2) is 17.4 Å². The number of likely N-dealkylation sites (tertiary alicyclic amines) is 1. The number of carbonyl (C=O) groups excluding carboxylic acids is 1. The van der Waals surface area contributed by atoms with Crippen molar-refractivity contribution in [3.8, 4) is 5.75 Å². The van der Waals surface area contributed by atoms with Crippen LogP contribution < -0.4 is 10.1 Å². The number of carbonyl (C=O) groups is 1. The fourth-order valence-electron chi connectivity index (χ4n) is 4.60. The Bertz CT molecular complexity index is 712. The van der Waals surface area contributed by atoms with E-state index >= 15 is 0 Å². The van der Waals surface area contributed by atoms with Gasteiger partial charge in [-0.2, -0.15) is 0 Å². The molecule has 2 aliphatic rings. The summed E-state index contributed by atoms with van der Waals surface area (Å²) in [5.74, 6) is -2.53. The molecule has 0 radical (unpaired) electrons. The molecule has 0 amide bonds. The molecular formula is C22H32F2N2O3. The number of piperidine rings is 1. The number of hydrogen-bond acceptors (Lipinski definition) is 5. The zero-order valence-corrected chi connectivity index (χ0v) is 17.6. The van der Waals surface area contributed by atoms with Crippen molar-refractivity contribution >= 4 is 11.7 Å². The summed E-state index contributed by atoms with van der Waals surface area (Å²) in [5.41, 5.74) is 0.518. The Morgan fingerprint density at radius 3 is 2.38 bits per heavy atom. The minimum absolute atomic E-state index is 0.0278. The second-order valence-corrected chi connectivity index (χ2v) is 8.41. The number of anilines is 1. The Morgan fingerprint density at radius 1 is 1.17 bits per heavy atom. The van der Waals surface area contributed by atoms with Crippen molar-refractivity contribution in [1.29, 1.82) is 0 Å². The fourth-order valence-corrected chi connectivity index (χ4v) is 4.60. The third-order valence-corrected chi connectivity index (χ3v) is 6.31. The highest BCUT2D eigenvalue weighted by molar-refractivity contribution is 5.72. The van der Waals surface area contributed by atoms with Gasteiger partial charge in [0.2, 0.25) is 0 Å². The Labute approximate surface area is 171 Å². The zero-order chi connectivity index (χ0) is 21.0. The Balaban J connectivity index is 1.58. The maximum absolute atomic E-state index is 13.7. The molecule has 1 saturated heterocycles. The molecular weight excluding hydrogens is 378 g/mol. The predicted molar refractivity (Wildman–Crippen MR) is 108 cm³/mol. The van der Waals surface area contributed by atoms with Crippen molar-refractivity contribution in [2.75, 3.05) is 25.0 Å². The van der Waals surface area contributed by atoms with Gasteiger partial charge < -0.3 is 14.8 Å². The summed E-state index contributed by atoms with van der Waals surface area (Å²) >= 11 is 0. The maximum Gasteiger partial charge on any atom is 0.308 e. The van der Waals surface area contributed by atoms with Crippen molar-refractivity contribution in [3.63, 3.8) is 0 Å². The molecule has 7 heteroatoms. The number of nitrogens with zero attached hydrogens (tertiary/aromatic N) is 1. The van der Waals surface area contributed by atoms with Crippen LogP contribution in [0.1, 0.15) is 59.3 Å². The molecule has 1 aliphatic heterocycles. The SMILES string of the molecule is CCO[C@H]1CC[C@](C)(N2CCC(Nc3cc(F)c(F)cc3OC(C)=O)CC2)CC1. The third-order valence-electron chi connectivity index (χ3n) is 6.31. The predicted octanol–water partition coefficient (Wildman–Crippen LogP) is 4.50. The van der Waals surface area contributed by atoms with Crippen LogP contribution in [0.3, 0.4) is 0 Å². The van der Waals surface area contributed by atoms with Crippen LogP contribution in [0.15, 0.2) is 12.1 Å². The van der Waals surface area contributed by atoms with E-state index in [0.717, 1.165) is 70.4 Å². The van der Waals surface area contributed by atoms with Gasteiger partial charge in [-0.3, -0.25) is 9.69 Å². The molecule has 3 rings (SSSR count). The number of nitrogens with one attached hydrogen (secondary N) is 1. The second-order valence-electron chi connectivity index (χ2n) is 8.41. The molecule has 162 valence electrons. The van der Waals surface area contributed by atoms with Crippen LogP contribution in [0, 0.1) is 11.6 Å². The second kappa shape index (κ2) is 9.39. The van der Waals surface area contributed by atoms with Gasteiger partial charge in [-0.15, -0.1) is 0 Å². The van der Waals surface area contributed by atoms with Crippen molar-refractivity contribution < 1.29 is 23.0 Å². The van der Waals surface area contributed by atoms with Crippen molar-refractivity contribution in [2.24, 2.45) is 0 Å². The van der Waals surface area contributed by atoms with Gasteiger partial charge >= 0.3 is 5.97 Å². The van der Waals surface area contributed by atoms with Crippen LogP contribution in [0.2, 0.25) is 0 Å². The van der Waals surface area contributed by atoms with E-state index in [2.05, 4.69) is 17.1 Å². The molecule has 0 bridgehead atoms. The third kappa shape index (κ3) is 5.45. The summed E-state index contributed by atoms with van der Waals surface area (Å²) in [5, 5.41) is 3.25. The van der Waals surface area contributed by atoms with Gasteiger partial charge in [0.05, 0.1) is 11.8 Å². The Hall–Kier alpha value is -1.73. The molecule has 1 aromatic rings. The lowest BCUT2D eigenvalue weighted by molar-refractivity contribution is -0.131. The van der Waals surface area contributed by atoms with Gasteiger partial charge in [0, 0.05) is 50.3 Å². The van der Waals surface area contributed by atoms with Crippen LogP contribution in [0.5, 0.6) is 5.75 Å². The lowest BCUT2D eigenvalue weighted by Crippen LogP contribution is -2.53. The smallest absolute Gasteiger partial charge is 0.308 e. The van der Waals surface area contributed by atoms with E-state index in [0.29, 0.717) is 11.8 Å². The first-order valence-electron chi connectivity index (χ1n) is 10.6. The molecule has 0 spiro atoms. The molecule has 0 aromatic heterocycles. The molecule has 2 fully saturated rings. The summed E-state index contributed by atoms with van der Waals surface area (Å²) in [6, 6.07) is 2.11. The van der Waals surface area contributed by atoms with E-state index in [1.807, 2.05) is 6.92 Å². The first-order chi connectivity index (χ1) is 13.8. The standard InChI is InChI=1S/C22H32F2N2O3/c1-4-28-17-5-9-22(3,10-6-17)26-11-7-16(8-12-26)25-20-13-18(23)19(24)14-21(20)29-15(2)27/h13-14,16-17,25H,4-12H2,1-3H3/t17-,22-. The highest BCUT2D eigenvalue weighted by atomic mass is 19.2. The minimum atomic E-state index is -1.03. The molecule has 1 aromatic carbocycles. The quantitative estimate of drug-likeness (QED) is 0.553. The van der Waals surface area contributed by atoms with Gasteiger partial charge in [0.25, 0.3) is 0 Å². The molecule has 1 N–H and O–H groups in total. The number of hydrogen-bond donors (Lipinski definition) is 1. The largest absolute Gasteiger partial charge is 0.424 e. The molecule has 0 atom stereocenters. The summed E-state index contributed by atoms with van der Waals surface area (Å²) in [4.78, 5) is 13.9. The van der Waals surface area contributed by atoms with E-state index in [1.54, 1.807) is 0 Å². The minimum Gasteiger partial charge on any atom is -0.424 e. The van der Waals surface area contributed by atoms with E-state index in [1.165, 1.54) is 6.92 Å². The van der Waals surface area contributed by atoms with E-state index in [4.69, 9.17) is 9.47 Å². The maximum atomic E-state index is 13.7. The molecule has 1 heterocycles. The van der Waals surface area contributed by atoms with Crippen LogP contribution in [-0.2, 0) is 9.53 Å². The summed E-state index contributed by atoms with van der Waals surface area (Å²) < 4.78 is 38.1. The van der Waals surface area contributed by atoms with E-state index < -0.39 is 17.6 Å². The van der Waals surface area contributed by atoms with Gasteiger partial charge in [-0.1, -0.05) is 0 Å². The summed E-state index contributed by atoms with van der Waals surface area (Å²) in [6.45, 7) is 8.30. The molecule has 5 nitrogen and oxygen atoms in total. The Morgan fingerprint density at radius 2 is 1.79 bits per heavy atom. The highest BCUT2D eigenvalue weighted by Crippen LogP contribution is 2.37. The molecule has 1 aliphatic carbocycles. The van der Waals surface area contributed by atoms with Crippen molar-refractivity contribution in [2.45, 2.75) is 77.0 Å². The molecule has 29 heavy (non-hydrogen) atoms. The molecule has 0 unspecified atom stereocenters. The number of rotatable bonds is 6. The summed E-state index contributed by atoms with van der Waals surface area (Å²) in [6.07, 6.45) is 6.64. The van der Waals surface area contributed by atoms with Gasteiger partial charge in [-0.25, -0.2) is 8.78 Å².